The number of hydrogen-bond donors (Lipinski definition) is 1. The van der Waals surface area contributed by atoms with Gasteiger partial charge in [0, 0.05) is 30.4 Å². The third kappa shape index (κ3) is 4.06. The van der Waals surface area contributed by atoms with E-state index in [0.717, 1.165) is 16.8 Å². The SMILES string of the molecule is CCN(c1cc(-n2ccnc2)c2ccc(Cl)c(Cl)c2n1)[C@@H](CCSC)C(=O)O. The van der Waals surface area contributed by atoms with Gasteiger partial charge in [-0.3, -0.25) is 0 Å². The molecule has 9 heteroatoms. The van der Waals surface area contributed by atoms with E-state index in [1.807, 2.05) is 36.1 Å². The summed E-state index contributed by atoms with van der Waals surface area (Å²) in [4.78, 5) is 22.5. The minimum atomic E-state index is -0.876. The molecule has 3 aromatic rings. The molecule has 0 amide bonds. The van der Waals surface area contributed by atoms with Gasteiger partial charge in [0.05, 0.1) is 27.6 Å². The zero-order valence-corrected chi connectivity index (χ0v) is 17.8. The highest BCUT2D eigenvalue weighted by molar-refractivity contribution is 7.98. The third-order valence-corrected chi connectivity index (χ3v) is 5.95. The van der Waals surface area contributed by atoms with Gasteiger partial charge >= 0.3 is 5.97 Å². The fourth-order valence-electron chi connectivity index (χ4n) is 3.15. The highest BCUT2D eigenvalue weighted by atomic mass is 35.5. The van der Waals surface area contributed by atoms with E-state index < -0.39 is 12.0 Å². The van der Waals surface area contributed by atoms with Crippen molar-refractivity contribution in [3.8, 4) is 5.69 Å². The molecule has 0 aliphatic rings. The number of carboxylic acid groups (broad SMARTS) is 1. The number of pyridine rings is 1. The Morgan fingerprint density at radius 1 is 1.39 bits per heavy atom. The van der Waals surface area contributed by atoms with Gasteiger partial charge < -0.3 is 14.6 Å². The molecule has 0 saturated heterocycles. The Bertz CT molecular complexity index is 982. The first kappa shape index (κ1) is 20.8. The fraction of sp³-hybridized carbons (Fsp3) is 0.316. The van der Waals surface area contributed by atoms with Crippen LogP contribution in [0, 0.1) is 0 Å². The summed E-state index contributed by atoms with van der Waals surface area (Å²) < 4.78 is 1.85. The van der Waals surface area contributed by atoms with Crippen LogP contribution in [-0.2, 0) is 4.79 Å². The van der Waals surface area contributed by atoms with Gasteiger partial charge in [-0.05, 0) is 37.5 Å². The summed E-state index contributed by atoms with van der Waals surface area (Å²) in [6.45, 7) is 2.41. The highest BCUT2D eigenvalue weighted by Gasteiger charge is 2.26. The summed E-state index contributed by atoms with van der Waals surface area (Å²) in [6.07, 6.45) is 7.65. The molecule has 0 unspecified atom stereocenters. The number of rotatable bonds is 8. The number of nitrogens with zero attached hydrogens (tertiary/aromatic N) is 4. The van der Waals surface area contributed by atoms with Crippen LogP contribution < -0.4 is 4.90 Å². The molecule has 0 aliphatic carbocycles. The minimum absolute atomic E-state index is 0.342. The number of carboxylic acids is 1. The van der Waals surface area contributed by atoms with Crippen LogP contribution in [0.3, 0.4) is 0 Å². The number of fused-ring (bicyclic) bond motifs is 1. The first-order chi connectivity index (χ1) is 13.5. The number of aromatic nitrogens is 3. The molecule has 0 radical (unpaired) electrons. The van der Waals surface area contributed by atoms with E-state index in [0.29, 0.717) is 34.3 Å². The molecule has 0 aliphatic heterocycles. The second kappa shape index (κ2) is 9.03. The molecule has 0 spiro atoms. The molecule has 148 valence electrons. The maximum absolute atomic E-state index is 11.9. The van der Waals surface area contributed by atoms with Crippen molar-refractivity contribution in [2.24, 2.45) is 0 Å². The smallest absolute Gasteiger partial charge is 0.326 e. The molecule has 1 atom stereocenters. The number of anilines is 1. The number of aliphatic carboxylic acids is 1. The first-order valence-corrected chi connectivity index (χ1v) is 10.9. The number of likely N-dealkylation sites (N-methyl/N-ethyl adjacent to an activating group) is 1. The Morgan fingerprint density at radius 3 is 2.79 bits per heavy atom. The molecule has 0 fully saturated rings. The Hall–Kier alpha value is -1.96. The van der Waals surface area contributed by atoms with Crippen molar-refractivity contribution in [3.05, 3.63) is 47.0 Å². The topological polar surface area (TPSA) is 71.2 Å². The predicted molar refractivity (Wildman–Crippen MR) is 116 cm³/mol. The van der Waals surface area contributed by atoms with E-state index in [4.69, 9.17) is 28.2 Å². The van der Waals surface area contributed by atoms with Crippen molar-refractivity contribution in [3.63, 3.8) is 0 Å². The minimum Gasteiger partial charge on any atom is -0.480 e. The lowest BCUT2D eigenvalue weighted by Crippen LogP contribution is -2.42. The molecule has 3 rings (SSSR count). The van der Waals surface area contributed by atoms with Gasteiger partial charge in [-0.15, -0.1) is 0 Å². The van der Waals surface area contributed by atoms with Crippen molar-refractivity contribution in [2.45, 2.75) is 19.4 Å². The van der Waals surface area contributed by atoms with Gasteiger partial charge in [-0.2, -0.15) is 11.8 Å². The normalized spacial score (nSPS) is 12.3. The van der Waals surface area contributed by atoms with Crippen LogP contribution in [-0.4, -0.2) is 50.2 Å². The summed E-state index contributed by atoms with van der Waals surface area (Å²) in [5, 5.41) is 11.3. The van der Waals surface area contributed by atoms with Gasteiger partial charge in [0.15, 0.2) is 0 Å². The van der Waals surface area contributed by atoms with Crippen LogP contribution >= 0.6 is 35.0 Å². The first-order valence-electron chi connectivity index (χ1n) is 8.73. The second-order valence-corrected chi connectivity index (χ2v) is 7.92. The molecular weight excluding hydrogens is 419 g/mol. The third-order valence-electron chi connectivity index (χ3n) is 4.51. The lowest BCUT2D eigenvalue weighted by molar-refractivity contribution is -0.138. The molecule has 0 saturated carbocycles. The van der Waals surface area contributed by atoms with Gasteiger partial charge in [0.1, 0.15) is 11.9 Å². The number of imidazole rings is 1. The summed E-state index contributed by atoms with van der Waals surface area (Å²) in [7, 11) is 0. The van der Waals surface area contributed by atoms with Crippen molar-refractivity contribution in [1.29, 1.82) is 0 Å². The largest absolute Gasteiger partial charge is 0.480 e. The van der Waals surface area contributed by atoms with Crippen molar-refractivity contribution in [1.82, 2.24) is 14.5 Å². The van der Waals surface area contributed by atoms with Crippen LogP contribution in [0.1, 0.15) is 13.3 Å². The van der Waals surface area contributed by atoms with Gasteiger partial charge in [0.25, 0.3) is 0 Å². The average molecular weight is 439 g/mol. The Labute approximate surface area is 177 Å². The van der Waals surface area contributed by atoms with Crippen LogP contribution in [0.25, 0.3) is 16.6 Å². The van der Waals surface area contributed by atoms with E-state index in [9.17, 15) is 9.90 Å². The molecule has 6 nitrogen and oxygen atoms in total. The monoisotopic (exact) mass is 438 g/mol. The standard InChI is InChI=1S/C19H20Cl2N4O2S/c1-3-25(14(19(26)27)6-9-28-2)16-10-15(24-8-7-22-11-24)12-4-5-13(20)17(21)18(12)23-16/h4-5,7-8,10-11,14H,3,6,9H2,1-2H3,(H,26,27)/t14-/m0/s1. The van der Waals surface area contributed by atoms with Crippen LogP contribution in [0.2, 0.25) is 10.0 Å². The van der Waals surface area contributed by atoms with E-state index >= 15 is 0 Å². The number of thioether (sulfide) groups is 1. The van der Waals surface area contributed by atoms with Crippen LogP contribution in [0.4, 0.5) is 5.82 Å². The van der Waals surface area contributed by atoms with Crippen molar-refractivity contribution >= 4 is 57.7 Å². The molecule has 2 aromatic heterocycles. The zero-order valence-electron chi connectivity index (χ0n) is 15.5. The summed E-state index contributed by atoms with van der Waals surface area (Å²) in [5.74, 6) is 0.401. The number of halogens is 2. The van der Waals surface area contributed by atoms with Gasteiger partial charge in [0.2, 0.25) is 0 Å². The summed E-state index contributed by atoms with van der Waals surface area (Å²) in [5.41, 5.74) is 1.34. The molecule has 28 heavy (non-hydrogen) atoms. The predicted octanol–water partition coefficient (Wildman–Crippen LogP) is 4.76. The Kier molecular flexibility index (Phi) is 6.69. The number of hydrogen-bond acceptors (Lipinski definition) is 5. The van der Waals surface area contributed by atoms with Gasteiger partial charge in [-0.25, -0.2) is 14.8 Å². The quantitative estimate of drug-likeness (QED) is 0.546. The van der Waals surface area contributed by atoms with Crippen molar-refractivity contribution in [2.75, 3.05) is 23.5 Å². The number of carbonyl (C=O) groups is 1. The maximum atomic E-state index is 11.9. The highest BCUT2D eigenvalue weighted by Crippen LogP contribution is 2.35. The van der Waals surface area contributed by atoms with E-state index in [1.165, 1.54) is 0 Å². The van der Waals surface area contributed by atoms with Crippen LogP contribution in [0.5, 0.6) is 0 Å². The number of benzene rings is 1. The lowest BCUT2D eigenvalue weighted by atomic mass is 10.1. The molecule has 1 N–H and O–H groups in total. The molecule has 1 aromatic carbocycles. The zero-order chi connectivity index (χ0) is 20.3. The van der Waals surface area contributed by atoms with Crippen LogP contribution in [0.15, 0.2) is 36.9 Å². The van der Waals surface area contributed by atoms with E-state index in [-0.39, 0.29) is 0 Å². The maximum Gasteiger partial charge on any atom is 0.326 e. The lowest BCUT2D eigenvalue weighted by Gasteiger charge is -2.29. The summed E-state index contributed by atoms with van der Waals surface area (Å²) in [6, 6.07) is 4.77. The van der Waals surface area contributed by atoms with Crippen molar-refractivity contribution < 1.29 is 9.90 Å². The summed E-state index contributed by atoms with van der Waals surface area (Å²) >= 11 is 14.3. The van der Waals surface area contributed by atoms with Gasteiger partial charge in [-0.1, -0.05) is 23.2 Å². The fourth-order valence-corrected chi connectivity index (χ4v) is 3.97. The van der Waals surface area contributed by atoms with E-state index in [2.05, 4.69) is 4.98 Å². The average Bonchev–Trinajstić information content (AvgIpc) is 3.22. The van der Waals surface area contributed by atoms with E-state index in [1.54, 1.807) is 35.3 Å². The molecule has 0 bridgehead atoms. The Balaban J connectivity index is 2.22. The molecule has 2 heterocycles. The second-order valence-electron chi connectivity index (χ2n) is 6.15. The Morgan fingerprint density at radius 2 is 2.18 bits per heavy atom. The molecular formula is C19H20Cl2N4O2S.